The molecule has 0 spiro atoms. The van der Waals surface area contributed by atoms with E-state index in [1.807, 2.05) is 25.1 Å². The highest BCUT2D eigenvalue weighted by Crippen LogP contribution is 2.27. The molecule has 0 saturated carbocycles. The number of rotatable bonds is 6. The Hall–Kier alpha value is -0.770. The molecule has 2 N–H and O–H groups in total. The number of hydrogen-bond acceptors (Lipinski definition) is 3. The number of ether oxygens (including phenoxy) is 2. The molecule has 3 nitrogen and oxygen atoms in total. The van der Waals surface area contributed by atoms with Crippen molar-refractivity contribution in [2.45, 2.75) is 19.4 Å². The van der Waals surface area contributed by atoms with Gasteiger partial charge in [-0.3, -0.25) is 0 Å². The molecule has 0 aliphatic carbocycles. The normalized spacial score (nSPS) is 12.5. The highest BCUT2D eigenvalue weighted by atomic mass is 35.5. The lowest BCUT2D eigenvalue weighted by Gasteiger charge is -2.17. The van der Waals surface area contributed by atoms with Gasteiger partial charge in [-0.2, -0.15) is 0 Å². The van der Waals surface area contributed by atoms with Crippen molar-refractivity contribution in [1.82, 2.24) is 0 Å². The fraction of sp³-hybridized carbons (Fsp3) is 0.500. The molecule has 4 heteroatoms. The third kappa shape index (κ3) is 3.67. The van der Waals surface area contributed by atoms with Crippen molar-refractivity contribution in [3.63, 3.8) is 0 Å². The van der Waals surface area contributed by atoms with Crippen LogP contribution in [-0.4, -0.2) is 26.4 Å². The minimum Gasteiger partial charge on any atom is -0.488 e. The van der Waals surface area contributed by atoms with Gasteiger partial charge in [0.2, 0.25) is 0 Å². The lowest BCUT2D eigenvalue weighted by atomic mass is 10.1. The molecule has 0 bridgehead atoms. The number of methoxy groups -OCH3 is 1. The summed E-state index contributed by atoms with van der Waals surface area (Å²) in [5, 5.41) is 0.701. The van der Waals surface area contributed by atoms with Gasteiger partial charge in [-0.1, -0.05) is 17.7 Å². The molecule has 1 rings (SSSR count). The van der Waals surface area contributed by atoms with Crippen molar-refractivity contribution in [2.24, 2.45) is 5.73 Å². The summed E-state index contributed by atoms with van der Waals surface area (Å²) in [7, 11) is 1.65. The maximum atomic E-state index is 6.10. The van der Waals surface area contributed by atoms with Crippen molar-refractivity contribution >= 4 is 11.6 Å². The molecule has 0 heterocycles. The minimum absolute atomic E-state index is 0.00000819. The van der Waals surface area contributed by atoms with Crippen LogP contribution in [-0.2, 0) is 11.2 Å². The molecule has 0 amide bonds. The summed E-state index contributed by atoms with van der Waals surface area (Å²) >= 11 is 6.10. The molecule has 0 saturated heterocycles. The van der Waals surface area contributed by atoms with E-state index in [-0.39, 0.29) is 6.10 Å². The van der Waals surface area contributed by atoms with E-state index in [2.05, 4.69) is 0 Å². The van der Waals surface area contributed by atoms with Crippen molar-refractivity contribution in [2.75, 3.05) is 20.3 Å². The smallest absolute Gasteiger partial charge is 0.124 e. The molecule has 0 aliphatic rings. The highest BCUT2D eigenvalue weighted by Gasteiger charge is 2.10. The third-order valence-corrected chi connectivity index (χ3v) is 2.55. The van der Waals surface area contributed by atoms with Gasteiger partial charge in [-0.15, -0.1) is 0 Å². The topological polar surface area (TPSA) is 44.5 Å². The second kappa shape index (κ2) is 6.74. The predicted molar refractivity (Wildman–Crippen MR) is 66.2 cm³/mol. The molecule has 0 aromatic heterocycles. The standard InChI is InChI=1S/C12H18ClNO2/c1-9(8-15-2)16-12-5-3-4-11(13)10(12)6-7-14/h3-5,9H,6-8,14H2,1-2H3. The molecule has 1 atom stereocenters. The Balaban J connectivity index is 2.81. The Kier molecular flexibility index (Phi) is 5.60. The lowest BCUT2D eigenvalue weighted by Crippen LogP contribution is -2.19. The first-order chi connectivity index (χ1) is 7.69. The Morgan fingerprint density at radius 1 is 1.44 bits per heavy atom. The second-order valence-electron chi connectivity index (χ2n) is 3.64. The Bertz CT molecular complexity index is 331. The first-order valence-electron chi connectivity index (χ1n) is 5.32. The molecule has 1 aromatic rings. The maximum absolute atomic E-state index is 6.10. The van der Waals surface area contributed by atoms with Crippen LogP contribution in [0.5, 0.6) is 5.75 Å². The van der Waals surface area contributed by atoms with E-state index >= 15 is 0 Å². The van der Waals surface area contributed by atoms with E-state index in [0.717, 1.165) is 11.3 Å². The van der Waals surface area contributed by atoms with Gasteiger partial charge in [-0.05, 0) is 32.0 Å². The monoisotopic (exact) mass is 243 g/mol. The summed E-state index contributed by atoms with van der Waals surface area (Å²) in [6, 6.07) is 5.63. The van der Waals surface area contributed by atoms with Crippen molar-refractivity contribution in [3.8, 4) is 5.75 Å². The number of benzene rings is 1. The van der Waals surface area contributed by atoms with E-state index in [1.54, 1.807) is 7.11 Å². The van der Waals surface area contributed by atoms with Crippen LogP contribution in [0, 0.1) is 0 Å². The van der Waals surface area contributed by atoms with Crippen LogP contribution in [0.3, 0.4) is 0 Å². The number of halogens is 1. The summed E-state index contributed by atoms with van der Waals surface area (Å²) in [6.07, 6.45) is 0.717. The molecule has 0 aliphatic heterocycles. The minimum atomic E-state index is -0.00000819. The van der Waals surface area contributed by atoms with Crippen LogP contribution in [0.1, 0.15) is 12.5 Å². The zero-order chi connectivity index (χ0) is 12.0. The van der Waals surface area contributed by atoms with Crippen LogP contribution in [0.15, 0.2) is 18.2 Å². The summed E-state index contributed by atoms with van der Waals surface area (Å²) in [5.41, 5.74) is 6.52. The van der Waals surface area contributed by atoms with Gasteiger partial charge >= 0.3 is 0 Å². The number of nitrogens with two attached hydrogens (primary N) is 1. The van der Waals surface area contributed by atoms with Crippen LogP contribution < -0.4 is 10.5 Å². The fourth-order valence-electron chi connectivity index (χ4n) is 1.52. The van der Waals surface area contributed by atoms with Crippen molar-refractivity contribution in [1.29, 1.82) is 0 Å². The van der Waals surface area contributed by atoms with Crippen molar-refractivity contribution in [3.05, 3.63) is 28.8 Å². The van der Waals surface area contributed by atoms with Crippen molar-refractivity contribution < 1.29 is 9.47 Å². The molecule has 1 unspecified atom stereocenters. The molecular weight excluding hydrogens is 226 g/mol. The van der Waals surface area contributed by atoms with Gasteiger partial charge in [0.1, 0.15) is 11.9 Å². The zero-order valence-electron chi connectivity index (χ0n) is 9.70. The van der Waals surface area contributed by atoms with E-state index < -0.39 is 0 Å². The summed E-state index contributed by atoms with van der Waals surface area (Å²) in [4.78, 5) is 0. The van der Waals surface area contributed by atoms with Crippen LogP contribution >= 0.6 is 11.6 Å². The largest absolute Gasteiger partial charge is 0.488 e. The molecule has 90 valence electrons. The lowest BCUT2D eigenvalue weighted by molar-refractivity contribution is 0.0914. The van der Waals surface area contributed by atoms with Gasteiger partial charge in [0.15, 0.2) is 0 Å². The van der Waals surface area contributed by atoms with Gasteiger partial charge in [0.05, 0.1) is 6.61 Å². The second-order valence-corrected chi connectivity index (χ2v) is 4.05. The Morgan fingerprint density at radius 3 is 2.81 bits per heavy atom. The summed E-state index contributed by atoms with van der Waals surface area (Å²) < 4.78 is 10.8. The highest BCUT2D eigenvalue weighted by molar-refractivity contribution is 6.31. The first kappa shape index (κ1) is 13.3. The van der Waals surface area contributed by atoms with E-state index in [1.165, 1.54) is 0 Å². The third-order valence-electron chi connectivity index (χ3n) is 2.20. The van der Waals surface area contributed by atoms with E-state index in [0.29, 0.717) is 24.6 Å². The molecule has 0 fully saturated rings. The zero-order valence-corrected chi connectivity index (χ0v) is 10.5. The Morgan fingerprint density at radius 2 is 2.19 bits per heavy atom. The average molecular weight is 244 g/mol. The maximum Gasteiger partial charge on any atom is 0.124 e. The van der Waals surface area contributed by atoms with Crippen LogP contribution in [0.4, 0.5) is 0 Å². The summed E-state index contributed by atoms with van der Waals surface area (Å²) in [6.45, 7) is 3.06. The predicted octanol–water partition coefficient (Wildman–Crippen LogP) is 2.25. The Labute approximate surface area is 101 Å². The SMILES string of the molecule is COCC(C)Oc1cccc(Cl)c1CCN. The average Bonchev–Trinajstić information content (AvgIpc) is 2.23. The quantitative estimate of drug-likeness (QED) is 0.834. The number of hydrogen-bond donors (Lipinski definition) is 1. The first-order valence-corrected chi connectivity index (χ1v) is 5.70. The van der Waals surface area contributed by atoms with Gasteiger partial charge in [0, 0.05) is 17.7 Å². The van der Waals surface area contributed by atoms with Gasteiger partial charge < -0.3 is 15.2 Å². The van der Waals surface area contributed by atoms with E-state index in [9.17, 15) is 0 Å². The van der Waals surface area contributed by atoms with Crippen LogP contribution in [0.25, 0.3) is 0 Å². The van der Waals surface area contributed by atoms with Gasteiger partial charge in [0.25, 0.3) is 0 Å². The fourth-order valence-corrected chi connectivity index (χ4v) is 1.78. The van der Waals surface area contributed by atoms with Gasteiger partial charge in [-0.25, -0.2) is 0 Å². The molecule has 0 radical (unpaired) electrons. The molecule has 1 aromatic carbocycles. The summed E-state index contributed by atoms with van der Waals surface area (Å²) in [5.74, 6) is 0.794. The molecular formula is C12H18ClNO2. The van der Waals surface area contributed by atoms with Crippen LogP contribution in [0.2, 0.25) is 5.02 Å². The molecule has 16 heavy (non-hydrogen) atoms. The van der Waals surface area contributed by atoms with E-state index in [4.69, 9.17) is 26.8 Å².